The predicted octanol–water partition coefficient (Wildman–Crippen LogP) is 3.71. The van der Waals surface area contributed by atoms with Crippen LogP contribution >= 0.6 is 11.6 Å². The van der Waals surface area contributed by atoms with Crippen LogP contribution in [0, 0.1) is 5.82 Å². The first-order valence-electron chi connectivity index (χ1n) is 8.47. The van der Waals surface area contributed by atoms with Gasteiger partial charge in [-0.05, 0) is 43.3 Å². The van der Waals surface area contributed by atoms with Crippen molar-refractivity contribution in [2.45, 2.75) is 12.5 Å². The zero-order valence-electron chi connectivity index (χ0n) is 15.0. The lowest BCUT2D eigenvalue weighted by Crippen LogP contribution is -2.38. The Morgan fingerprint density at radius 2 is 2.11 bits per heavy atom. The molecule has 0 radical (unpaired) electrons. The number of amidine groups is 1. The summed E-state index contributed by atoms with van der Waals surface area (Å²) < 4.78 is 21.8. The maximum atomic E-state index is 14.5. The second kappa shape index (κ2) is 6.51. The number of nitrogens with two attached hydrogens (primary N) is 1. The Balaban J connectivity index is 1.73. The molecule has 1 atom stereocenters. The molecule has 1 unspecified atom stereocenters. The van der Waals surface area contributed by atoms with Crippen molar-refractivity contribution >= 4 is 39.8 Å². The monoisotopic (exact) mass is 387 g/mol. The molecule has 0 spiro atoms. The van der Waals surface area contributed by atoms with Crippen LogP contribution in [0.25, 0.3) is 10.9 Å². The Labute approximate surface area is 160 Å². The van der Waals surface area contributed by atoms with E-state index in [2.05, 4.69) is 15.4 Å². The van der Waals surface area contributed by atoms with E-state index >= 15 is 0 Å². The number of nitrogens with one attached hydrogen (secondary N) is 1. The van der Waals surface area contributed by atoms with Crippen molar-refractivity contribution in [3.8, 4) is 0 Å². The number of rotatable bonds is 3. The predicted molar refractivity (Wildman–Crippen MR) is 105 cm³/mol. The van der Waals surface area contributed by atoms with Crippen LogP contribution in [0.4, 0.5) is 15.9 Å². The molecule has 2 aromatic carbocycles. The van der Waals surface area contributed by atoms with E-state index in [1.807, 2.05) is 25.2 Å². The molecule has 27 heavy (non-hydrogen) atoms. The van der Waals surface area contributed by atoms with E-state index < -0.39 is 5.54 Å². The fraction of sp³-hybridized carbons (Fsp3) is 0.263. The van der Waals surface area contributed by atoms with Gasteiger partial charge < -0.3 is 15.8 Å². The Morgan fingerprint density at radius 1 is 1.30 bits per heavy atom. The van der Waals surface area contributed by atoms with Crippen LogP contribution in [0.3, 0.4) is 0 Å². The molecule has 140 valence electrons. The third-order valence-electron chi connectivity index (χ3n) is 4.65. The molecule has 2 heterocycles. The highest BCUT2D eigenvalue weighted by Crippen LogP contribution is 2.34. The van der Waals surface area contributed by atoms with Gasteiger partial charge in [-0.3, -0.25) is 9.67 Å². The molecule has 8 heteroatoms. The number of aliphatic imine (C=N–C) groups is 1. The molecular weight excluding hydrogens is 369 g/mol. The number of fused-ring (bicyclic) bond motifs is 1. The standard InChI is InChI=1S/C19H19ClFN5O/c1-19(10-27-9-17(22)24-19)14-8-12(4-6-15(14)21)23-18-13-5-3-11(20)7-16(13)26(2)25-18/h3-8H,9-10H2,1-2H3,(H2,22,24)(H,23,25). The lowest BCUT2D eigenvalue weighted by atomic mass is 9.92. The number of hydrogen-bond acceptors (Lipinski definition) is 5. The fourth-order valence-corrected chi connectivity index (χ4v) is 3.52. The van der Waals surface area contributed by atoms with Gasteiger partial charge in [-0.15, -0.1) is 0 Å². The Bertz CT molecular complexity index is 1060. The van der Waals surface area contributed by atoms with Gasteiger partial charge in [-0.25, -0.2) is 4.39 Å². The number of benzene rings is 2. The number of anilines is 2. The van der Waals surface area contributed by atoms with E-state index in [4.69, 9.17) is 22.1 Å². The van der Waals surface area contributed by atoms with Crippen molar-refractivity contribution in [1.29, 1.82) is 0 Å². The van der Waals surface area contributed by atoms with Gasteiger partial charge in [0.2, 0.25) is 0 Å². The number of ether oxygens (including phenoxy) is 1. The maximum absolute atomic E-state index is 14.5. The molecule has 0 aliphatic carbocycles. The molecule has 3 N–H and O–H groups in total. The van der Waals surface area contributed by atoms with E-state index in [1.165, 1.54) is 6.07 Å². The molecule has 0 bridgehead atoms. The minimum atomic E-state index is -0.871. The largest absolute Gasteiger partial charge is 0.386 e. The lowest BCUT2D eigenvalue weighted by molar-refractivity contribution is 0.104. The highest BCUT2D eigenvalue weighted by molar-refractivity contribution is 6.31. The molecule has 0 saturated heterocycles. The number of aryl methyl sites for hydroxylation is 1. The minimum Gasteiger partial charge on any atom is -0.386 e. The van der Waals surface area contributed by atoms with Crippen molar-refractivity contribution in [1.82, 2.24) is 9.78 Å². The number of halogens is 2. The van der Waals surface area contributed by atoms with Crippen molar-refractivity contribution in [3.05, 3.63) is 52.8 Å². The summed E-state index contributed by atoms with van der Waals surface area (Å²) in [5.41, 5.74) is 6.94. The fourth-order valence-electron chi connectivity index (χ4n) is 3.35. The second-order valence-corrected chi connectivity index (χ2v) is 7.26. The molecule has 4 rings (SSSR count). The van der Waals surface area contributed by atoms with Crippen LogP contribution in [-0.4, -0.2) is 28.8 Å². The third kappa shape index (κ3) is 3.24. The first-order valence-corrected chi connectivity index (χ1v) is 8.85. The normalized spacial score (nSPS) is 19.9. The van der Waals surface area contributed by atoms with Crippen LogP contribution in [0.2, 0.25) is 5.02 Å². The van der Waals surface area contributed by atoms with E-state index in [0.717, 1.165) is 10.9 Å². The average Bonchev–Trinajstić information content (AvgIpc) is 2.91. The SMILES string of the molecule is Cn1nc(Nc2ccc(F)c(C3(C)COCC(N)=N3)c2)c2ccc(Cl)cc21. The first-order chi connectivity index (χ1) is 12.9. The summed E-state index contributed by atoms with van der Waals surface area (Å²) in [6, 6.07) is 10.4. The highest BCUT2D eigenvalue weighted by atomic mass is 35.5. The zero-order chi connectivity index (χ0) is 19.2. The van der Waals surface area contributed by atoms with Crippen molar-refractivity contribution < 1.29 is 9.13 Å². The molecule has 1 aliphatic heterocycles. The van der Waals surface area contributed by atoms with Gasteiger partial charge in [0, 0.05) is 28.7 Å². The quantitative estimate of drug-likeness (QED) is 0.718. The molecule has 1 aromatic heterocycles. The Kier molecular flexibility index (Phi) is 4.28. The van der Waals surface area contributed by atoms with Gasteiger partial charge in [-0.2, -0.15) is 5.10 Å². The van der Waals surface area contributed by atoms with Crippen LogP contribution in [-0.2, 0) is 17.3 Å². The highest BCUT2D eigenvalue weighted by Gasteiger charge is 2.33. The van der Waals surface area contributed by atoms with E-state index in [9.17, 15) is 4.39 Å². The molecular formula is C19H19ClFN5O. The van der Waals surface area contributed by atoms with Crippen LogP contribution in [0.15, 0.2) is 41.4 Å². The van der Waals surface area contributed by atoms with Gasteiger partial charge in [-0.1, -0.05) is 11.6 Å². The van der Waals surface area contributed by atoms with Gasteiger partial charge in [0.05, 0.1) is 12.1 Å². The number of aromatic nitrogens is 2. The molecule has 0 fully saturated rings. The summed E-state index contributed by atoms with van der Waals surface area (Å²) in [6.07, 6.45) is 0. The van der Waals surface area contributed by atoms with E-state index in [1.54, 1.807) is 23.7 Å². The van der Waals surface area contributed by atoms with Gasteiger partial charge in [0.25, 0.3) is 0 Å². The third-order valence-corrected chi connectivity index (χ3v) is 4.88. The van der Waals surface area contributed by atoms with Crippen LogP contribution in [0.5, 0.6) is 0 Å². The average molecular weight is 388 g/mol. The Morgan fingerprint density at radius 3 is 2.89 bits per heavy atom. The van der Waals surface area contributed by atoms with Crippen LogP contribution < -0.4 is 11.1 Å². The zero-order valence-corrected chi connectivity index (χ0v) is 15.7. The first kappa shape index (κ1) is 17.8. The summed E-state index contributed by atoms with van der Waals surface area (Å²) in [4.78, 5) is 4.42. The topological polar surface area (TPSA) is 77.5 Å². The number of hydrogen-bond donors (Lipinski definition) is 2. The number of nitrogens with zero attached hydrogens (tertiary/aromatic N) is 3. The summed E-state index contributed by atoms with van der Waals surface area (Å²) in [6.45, 7) is 2.33. The minimum absolute atomic E-state index is 0.262. The maximum Gasteiger partial charge on any atom is 0.160 e. The van der Waals surface area contributed by atoms with Crippen LogP contribution in [0.1, 0.15) is 12.5 Å². The molecule has 1 aliphatic rings. The van der Waals surface area contributed by atoms with Crippen molar-refractivity contribution in [3.63, 3.8) is 0 Å². The van der Waals surface area contributed by atoms with E-state index in [0.29, 0.717) is 27.9 Å². The van der Waals surface area contributed by atoms with Gasteiger partial charge in [0.1, 0.15) is 23.8 Å². The summed E-state index contributed by atoms with van der Waals surface area (Å²) in [7, 11) is 1.85. The summed E-state index contributed by atoms with van der Waals surface area (Å²) >= 11 is 6.07. The smallest absolute Gasteiger partial charge is 0.160 e. The molecule has 0 saturated carbocycles. The van der Waals surface area contributed by atoms with Crippen molar-refractivity contribution in [2.24, 2.45) is 17.8 Å². The van der Waals surface area contributed by atoms with Gasteiger partial charge in [0.15, 0.2) is 5.82 Å². The molecule has 3 aromatic rings. The Hall–Kier alpha value is -2.64. The van der Waals surface area contributed by atoms with Gasteiger partial charge >= 0.3 is 0 Å². The van der Waals surface area contributed by atoms with E-state index in [-0.39, 0.29) is 19.0 Å². The van der Waals surface area contributed by atoms with Crippen molar-refractivity contribution in [2.75, 3.05) is 18.5 Å². The second-order valence-electron chi connectivity index (χ2n) is 6.82. The molecule has 6 nitrogen and oxygen atoms in total. The lowest BCUT2D eigenvalue weighted by Gasteiger charge is -2.30. The molecule has 0 amide bonds. The summed E-state index contributed by atoms with van der Waals surface area (Å²) in [5.74, 6) is 0.659. The summed E-state index contributed by atoms with van der Waals surface area (Å²) in [5, 5.41) is 9.32.